The van der Waals surface area contributed by atoms with Crippen LogP contribution in [0.25, 0.3) is 11.0 Å². The van der Waals surface area contributed by atoms with Gasteiger partial charge >= 0.3 is 0 Å². The fraction of sp³-hybridized carbons (Fsp3) is 0.333. The van der Waals surface area contributed by atoms with Crippen molar-refractivity contribution in [3.8, 4) is 5.75 Å². The van der Waals surface area contributed by atoms with E-state index in [1.807, 2.05) is 48.2 Å². The Morgan fingerprint density at radius 2 is 2.07 bits per heavy atom. The second-order valence-corrected chi connectivity index (χ2v) is 7.76. The van der Waals surface area contributed by atoms with Gasteiger partial charge in [-0.3, -0.25) is 14.8 Å². The molecule has 1 atom stereocenters. The molecule has 0 spiro atoms. The van der Waals surface area contributed by atoms with Gasteiger partial charge in [-0.2, -0.15) is 0 Å². The number of hydrogen-bond donors (Lipinski definition) is 0. The van der Waals surface area contributed by atoms with Crippen molar-refractivity contribution in [2.45, 2.75) is 18.1 Å². The number of pyridine rings is 1. The zero-order valence-electron chi connectivity index (χ0n) is 16.2. The smallest absolute Gasteiger partial charge is 0.233 e. The molecular weight excluding hydrogens is 388 g/mol. The second-order valence-electron chi connectivity index (χ2n) is 6.76. The minimum absolute atomic E-state index is 0.0651. The highest BCUT2D eigenvalue weighted by atomic mass is 32.2. The first-order valence-corrected chi connectivity index (χ1v) is 10.5. The molecule has 4 rings (SSSR count). The molecule has 2 aromatic heterocycles. The Kier molecular flexibility index (Phi) is 6.21. The molecule has 3 aromatic rings. The van der Waals surface area contributed by atoms with E-state index in [2.05, 4.69) is 15.0 Å². The van der Waals surface area contributed by atoms with E-state index in [0.29, 0.717) is 37.8 Å². The predicted molar refractivity (Wildman–Crippen MR) is 111 cm³/mol. The van der Waals surface area contributed by atoms with E-state index in [1.54, 1.807) is 12.4 Å². The first-order chi connectivity index (χ1) is 14.2. The number of carbonyl (C=O) groups is 1. The maximum absolute atomic E-state index is 12.6. The van der Waals surface area contributed by atoms with Crippen LogP contribution < -0.4 is 4.74 Å². The van der Waals surface area contributed by atoms with Gasteiger partial charge in [0.2, 0.25) is 5.91 Å². The molecule has 1 fully saturated rings. The summed E-state index contributed by atoms with van der Waals surface area (Å²) in [5.74, 6) is 1.09. The van der Waals surface area contributed by atoms with E-state index in [1.165, 1.54) is 11.8 Å². The quantitative estimate of drug-likeness (QED) is 0.578. The molecule has 0 aliphatic carbocycles. The lowest BCUT2D eigenvalue weighted by Crippen LogP contribution is -2.48. The highest BCUT2D eigenvalue weighted by molar-refractivity contribution is 7.99. The van der Waals surface area contributed by atoms with Crippen LogP contribution in [0.1, 0.15) is 5.69 Å². The van der Waals surface area contributed by atoms with E-state index in [-0.39, 0.29) is 12.0 Å². The molecule has 29 heavy (non-hydrogen) atoms. The number of hydrogen-bond acceptors (Lipinski definition) is 7. The van der Waals surface area contributed by atoms with Crippen LogP contribution in [0.2, 0.25) is 0 Å². The van der Waals surface area contributed by atoms with Gasteiger partial charge in [0.25, 0.3) is 0 Å². The van der Waals surface area contributed by atoms with Crippen LogP contribution in [0.3, 0.4) is 0 Å². The molecule has 1 aliphatic rings. The number of nitrogens with zero attached hydrogens (tertiary/aromatic N) is 4. The summed E-state index contributed by atoms with van der Waals surface area (Å²) in [4.78, 5) is 27.6. The number of aromatic nitrogens is 3. The molecule has 1 aromatic carbocycles. The minimum atomic E-state index is -0.153. The highest BCUT2D eigenvalue weighted by Gasteiger charge is 2.25. The first-order valence-electron chi connectivity index (χ1n) is 9.47. The molecule has 1 saturated heterocycles. The number of morpholine rings is 1. The summed E-state index contributed by atoms with van der Waals surface area (Å²) in [6.07, 6.45) is 3.26. The van der Waals surface area contributed by atoms with Crippen LogP contribution in [-0.2, 0) is 9.53 Å². The zero-order valence-corrected chi connectivity index (χ0v) is 17.0. The molecular formula is C21H22N4O3S. The van der Waals surface area contributed by atoms with Crippen molar-refractivity contribution in [1.29, 1.82) is 0 Å². The van der Waals surface area contributed by atoms with E-state index in [0.717, 1.165) is 21.8 Å². The first kappa shape index (κ1) is 19.6. The lowest BCUT2D eigenvalue weighted by Gasteiger charge is -2.32. The average Bonchev–Trinajstić information content (AvgIpc) is 2.77. The Labute approximate surface area is 173 Å². The van der Waals surface area contributed by atoms with E-state index >= 15 is 0 Å². The Bertz CT molecular complexity index is 983. The molecule has 150 valence electrons. The Hall–Kier alpha value is -2.71. The van der Waals surface area contributed by atoms with Gasteiger partial charge in [0, 0.05) is 12.2 Å². The fourth-order valence-corrected chi connectivity index (χ4v) is 3.76. The summed E-state index contributed by atoms with van der Waals surface area (Å²) < 4.78 is 11.5. The average molecular weight is 410 g/mol. The molecule has 1 amide bonds. The van der Waals surface area contributed by atoms with Gasteiger partial charge in [0.1, 0.15) is 23.5 Å². The summed E-state index contributed by atoms with van der Waals surface area (Å²) in [7, 11) is 0. The Morgan fingerprint density at radius 1 is 1.21 bits per heavy atom. The van der Waals surface area contributed by atoms with Crippen molar-refractivity contribution in [1.82, 2.24) is 19.9 Å². The number of ether oxygens (including phenoxy) is 2. The molecule has 8 heteroatoms. The number of fused-ring (bicyclic) bond motifs is 1. The molecule has 0 N–H and O–H groups in total. The van der Waals surface area contributed by atoms with Gasteiger partial charge in [0.05, 0.1) is 42.3 Å². The number of carbonyl (C=O) groups excluding carboxylic acids is 1. The van der Waals surface area contributed by atoms with Crippen molar-refractivity contribution >= 4 is 28.7 Å². The normalized spacial score (nSPS) is 16.7. The lowest BCUT2D eigenvalue weighted by atomic mass is 10.3. The Balaban J connectivity index is 1.28. The third-order valence-electron chi connectivity index (χ3n) is 4.58. The number of thioether (sulfide) groups is 1. The summed E-state index contributed by atoms with van der Waals surface area (Å²) in [6, 6.07) is 11.5. The van der Waals surface area contributed by atoms with Gasteiger partial charge in [-0.25, -0.2) is 4.98 Å². The van der Waals surface area contributed by atoms with Crippen LogP contribution >= 0.6 is 11.8 Å². The van der Waals surface area contributed by atoms with Crippen molar-refractivity contribution in [3.05, 3.63) is 54.5 Å². The summed E-state index contributed by atoms with van der Waals surface area (Å²) in [5.41, 5.74) is 2.62. The number of aryl methyl sites for hydroxylation is 1. The zero-order chi connectivity index (χ0) is 20.1. The SMILES string of the molecule is Cc1ccc(OCC2CN(C(=O)CSc3cnc4ccccc4n3)CCO2)cn1. The van der Waals surface area contributed by atoms with Gasteiger partial charge < -0.3 is 14.4 Å². The fourth-order valence-electron chi connectivity index (χ4n) is 3.01. The van der Waals surface area contributed by atoms with E-state index < -0.39 is 0 Å². The summed E-state index contributed by atoms with van der Waals surface area (Å²) >= 11 is 1.40. The molecule has 7 nitrogen and oxygen atoms in total. The third-order valence-corrected chi connectivity index (χ3v) is 5.47. The van der Waals surface area contributed by atoms with Gasteiger partial charge in [-0.1, -0.05) is 23.9 Å². The predicted octanol–water partition coefficient (Wildman–Crippen LogP) is 2.73. The van der Waals surface area contributed by atoms with Crippen molar-refractivity contribution < 1.29 is 14.3 Å². The topological polar surface area (TPSA) is 77.4 Å². The van der Waals surface area contributed by atoms with Gasteiger partial charge in [-0.15, -0.1) is 0 Å². The van der Waals surface area contributed by atoms with Gasteiger partial charge in [0.15, 0.2) is 0 Å². The maximum Gasteiger partial charge on any atom is 0.233 e. The monoisotopic (exact) mass is 410 g/mol. The molecule has 0 saturated carbocycles. The van der Waals surface area contributed by atoms with Crippen molar-refractivity contribution in [3.63, 3.8) is 0 Å². The minimum Gasteiger partial charge on any atom is -0.489 e. The largest absolute Gasteiger partial charge is 0.489 e. The maximum atomic E-state index is 12.6. The number of amides is 1. The standard InChI is InChI=1S/C21H22N4O3S/c1-15-6-7-16(10-22-15)28-13-17-12-25(8-9-27-17)21(26)14-29-20-11-23-18-4-2-3-5-19(18)24-20/h2-7,10-11,17H,8-9,12-14H2,1H3. The summed E-state index contributed by atoms with van der Waals surface area (Å²) in [5, 5.41) is 0.747. The Morgan fingerprint density at radius 3 is 2.90 bits per heavy atom. The van der Waals surface area contributed by atoms with E-state index in [4.69, 9.17) is 9.47 Å². The lowest BCUT2D eigenvalue weighted by molar-refractivity contribution is -0.137. The van der Waals surface area contributed by atoms with Crippen LogP contribution in [0.15, 0.2) is 53.8 Å². The summed E-state index contributed by atoms with van der Waals surface area (Å²) in [6.45, 7) is 3.93. The van der Waals surface area contributed by atoms with E-state index in [9.17, 15) is 4.79 Å². The van der Waals surface area contributed by atoms with Crippen LogP contribution in [0, 0.1) is 6.92 Å². The van der Waals surface area contributed by atoms with Crippen LogP contribution in [0.4, 0.5) is 0 Å². The molecule has 1 aliphatic heterocycles. The second kappa shape index (κ2) is 9.19. The highest BCUT2D eigenvalue weighted by Crippen LogP contribution is 2.19. The van der Waals surface area contributed by atoms with Crippen molar-refractivity contribution in [2.75, 3.05) is 32.1 Å². The molecule has 0 radical (unpaired) electrons. The molecule has 1 unspecified atom stereocenters. The molecule has 0 bridgehead atoms. The van der Waals surface area contributed by atoms with Crippen LogP contribution in [-0.4, -0.2) is 63.9 Å². The van der Waals surface area contributed by atoms with Crippen molar-refractivity contribution in [2.24, 2.45) is 0 Å². The number of rotatable bonds is 6. The third kappa shape index (κ3) is 5.21. The van der Waals surface area contributed by atoms with Gasteiger partial charge in [-0.05, 0) is 31.2 Å². The number of para-hydroxylation sites is 2. The molecule has 3 heterocycles. The number of benzene rings is 1. The van der Waals surface area contributed by atoms with Crippen LogP contribution in [0.5, 0.6) is 5.75 Å².